The Balaban J connectivity index is 1.81. The number of hydrogen-bond acceptors (Lipinski definition) is 4. The van der Waals surface area contributed by atoms with E-state index in [0.717, 1.165) is 26.7 Å². The molecule has 5 heteroatoms. The molecule has 2 aromatic rings. The van der Waals surface area contributed by atoms with E-state index >= 15 is 0 Å². The number of aliphatic imine (C=N–C) groups is 1. The summed E-state index contributed by atoms with van der Waals surface area (Å²) in [4.78, 5) is 20.7. The van der Waals surface area contributed by atoms with Gasteiger partial charge < -0.3 is 5.32 Å². The number of fused-ring (bicyclic) bond motifs is 1. The van der Waals surface area contributed by atoms with Gasteiger partial charge in [0.05, 0.1) is 12.2 Å². The molecular weight excluding hydrogens is 372 g/mol. The van der Waals surface area contributed by atoms with Crippen LogP contribution in [0, 0.1) is 6.92 Å². The van der Waals surface area contributed by atoms with E-state index in [4.69, 9.17) is 4.99 Å². The van der Waals surface area contributed by atoms with Crippen LogP contribution < -0.4 is 5.32 Å². The SMILES string of the molecule is C=C/C=C\C1=C(C)Sc2ccc(C(=O)NCc3cc(C)cs3)cc2N=C1C. The molecular formula is C22H22N2OS2. The molecule has 0 unspecified atom stereocenters. The molecule has 1 aromatic heterocycles. The minimum Gasteiger partial charge on any atom is -0.347 e. The van der Waals surface area contributed by atoms with Gasteiger partial charge >= 0.3 is 0 Å². The molecule has 1 amide bonds. The molecule has 138 valence electrons. The molecule has 1 aliphatic heterocycles. The molecule has 0 atom stereocenters. The quantitative estimate of drug-likeness (QED) is 0.613. The summed E-state index contributed by atoms with van der Waals surface area (Å²) in [6, 6.07) is 7.81. The molecule has 0 saturated carbocycles. The van der Waals surface area contributed by atoms with Crippen LogP contribution in [0.5, 0.6) is 0 Å². The second-order valence-electron chi connectivity index (χ2n) is 6.32. The topological polar surface area (TPSA) is 41.5 Å². The van der Waals surface area contributed by atoms with Crippen molar-refractivity contribution in [1.82, 2.24) is 5.32 Å². The third-order valence-corrected chi connectivity index (χ3v) is 6.29. The van der Waals surface area contributed by atoms with Crippen LogP contribution in [0.25, 0.3) is 0 Å². The summed E-state index contributed by atoms with van der Waals surface area (Å²) in [7, 11) is 0. The van der Waals surface area contributed by atoms with Crippen molar-refractivity contribution in [3.05, 3.63) is 80.9 Å². The number of hydrogen-bond donors (Lipinski definition) is 1. The molecule has 1 N–H and O–H groups in total. The molecule has 0 fully saturated rings. The maximum atomic E-state index is 12.6. The first-order chi connectivity index (χ1) is 13.0. The molecule has 0 spiro atoms. The summed E-state index contributed by atoms with van der Waals surface area (Å²) >= 11 is 3.34. The summed E-state index contributed by atoms with van der Waals surface area (Å²) in [5.41, 5.74) is 4.71. The third kappa shape index (κ3) is 4.67. The van der Waals surface area contributed by atoms with Gasteiger partial charge in [-0.1, -0.05) is 36.6 Å². The van der Waals surface area contributed by atoms with Crippen LogP contribution in [-0.4, -0.2) is 11.6 Å². The third-order valence-electron chi connectivity index (χ3n) is 4.15. The van der Waals surface area contributed by atoms with Gasteiger partial charge in [0.2, 0.25) is 0 Å². The van der Waals surface area contributed by atoms with Gasteiger partial charge in [0, 0.05) is 26.6 Å². The fourth-order valence-corrected chi connectivity index (χ4v) is 4.62. The maximum Gasteiger partial charge on any atom is 0.251 e. The van der Waals surface area contributed by atoms with Crippen LogP contribution in [-0.2, 0) is 6.54 Å². The molecule has 3 nitrogen and oxygen atoms in total. The monoisotopic (exact) mass is 394 g/mol. The standard InChI is InChI=1S/C22H22N2OS2/c1-5-6-7-19-15(3)24-20-11-17(8-9-21(20)27-16(19)4)22(25)23-12-18-10-14(2)13-26-18/h5-11,13H,1,12H2,2-4H3,(H,23,25)/b7-6-. The Labute approximate surface area is 168 Å². The lowest BCUT2D eigenvalue weighted by molar-refractivity contribution is 0.0951. The first-order valence-electron chi connectivity index (χ1n) is 8.67. The predicted molar refractivity (Wildman–Crippen MR) is 117 cm³/mol. The first-order valence-corrected chi connectivity index (χ1v) is 10.4. The highest BCUT2D eigenvalue weighted by atomic mass is 32.2. The second-order valence-corrected chi connectivity index (χ2v) is 8.57. The van der Waals surface area contributed by atoms with Gasteiger partial charge in [-0.15, -0.1) is 11.3 Å². The minimum atomic E-state index is -0.0811. The summed E-state index contributed by atoms with van der Waals surface area (Å²) in [5, 5.41) is 5.08. The smallest absolute Gasteiger partial charge is 0.251 e. The average molecular weight is 395 g/mol. The van der Waals surface area contributed by atoms with Crippen LogP contribution in [0.3, 0.4) is 0 Å². The van der Waals surface area contributed by atoms with Crippen LogP contribution in [0.4, 0.5) is 5.69 Å². The minimum absolute atomic E-state index is 0.0811. The lowest BCUT2D eigenvalue weighted by Crippen LogP contribution is -2.22. The molecule has 0 aliphatic carbocycles. The first kappa shape index (κ1) is 19.4. The van der Waals surface area contributed by atoms with Gasteiger partial charge in [0.25, 0.3) is 5.91 Å². The lowest BCUT2D eigenvalue weighted by Gasteiger charge is -2.08. The van der Waals surface area contributed by atoms with E-state index in [0.29, 0.717) is 12.1 Å². The zero-order chi connectivity index (χ0) is 19.4. The highest BCUT2D eigenvalue weighted by Crippen LogP contribution is 2.39. The number of carbonyl (C=O) groups is 1. The van der Waals surface area contributed by atoms with Crippen molar-refractivity contribution in [3.63, 3.8) is 0 Å². The van der Waals surface area contributed by atoms with E-state index < -0.39 is 0 Å². The van der Waals surface area contributed by atoms with Crippen LogP contribution >= 0.6 is 23.1 Å². The summed E-state index contributed by atoms with van der Waals surface area (Å²) < 4.78 is 0. The number of nitrogens with one attached hydrogen (secondary N) is 1. The number of aryl methyl sites for hydroxylation is 1. The van der Waals surface area contributed by atoms with Crippen molar-refractivity contribution < 1.29 is 4.79 Å². The van der Waals surface area contributed by atoms with E-state index in [-0.39, 0.29) is 5.91 Å². The second kappa shape index (κ2) is 8.55. The number of amides is 1. The number of rotatable bonds is 5. The molecule has 2 heterocycles. The van der Waals surface area contributed by atoms with Crippen LogP contribution in [0.1, 0.15) is 34.6 Å². The van der Waals surface area contributed by atoms with Gasteiger partial charge in [0.15, 0.2) is 0 Å². The Morgan fingerprint density at radius 1 is 1.26 bits per heavy atom. The zero-order valence-electron chi connectivity index (χ0n) is 15.7. The van der Waals surface area contributed by atoms with Gasteiger partial charge in [-0.25, -0.2) is 0 Å². The van der Waals surface area contributed by atoms with E-state index in [2.05, 4.69) is 37.2 Å². The molecule has 27 heavy (non-hydrogen) atoms. The largest absolute Gasteiger partial charge is 0.347 e. The van der Waals surface area contributed by atoms with Crippen molar-refractivity contribution in [1.29, 1.82) is 0 Å². The molecule has 3 rings (SSSR count). The van der Waals surface area contributed by atoms with E-state index in [9.17, 15) is 4.79 Å². The Hall–Kier alpha value is -2.37. The number of allylic oxidation sites excluding steroid dienone is 5. The maximum absolute atomic E-state index is 12.6. The lowest BCUT2D eigenvalue weighted by atomic mass is 10.1. The van der Waals surface area contributed by atoms with Crippen LogP contribution in [0.15, 0.2) is 74.8 Å². The Morgan fingerprint density at radius 3 is 2.78 bits per heavy atom. The Kier molecular flexibility index (Phi) is 6.14. The van der Waals surface area contributed by atoms with Gasteiger partial charge in [-0.2, -0.15) is 0 Å². The highest BCUT2D eigenvalue weighted by molar-refractivity contribution is 8.03. The molecule has 1 aromatic carbocycles. The van der Waals surface area contributed by atoms with E-state index in [1.165, 1.54) is 10.5 Å². The number of carbonyl (C=O) groups excluding carboxylic acids is 1. The summed E-state index contributed by atoms with van der Waals surface area (Å²) in [5.74, 6) is -0.0811. The van der Waals surface area contributed by atoms with Gasteiger partial charge in [0.1, 0.15) is 0 Å². The van der Waals surface area contributed by atoms with Crippen molar-refractivity contribution in [2.45, 2.75) is 32.2 Å². The molecule has 0 bridgehead atoms. The fraction of sp³-hybridized carbons (Fsp3) is 0.182. The summed E-state index contributed by atoms with van der Waals surface area (Å²) in [6.07, 6.45) is 5.70. The van der Waals surface area contributed by atoms with Crippen molar-refractivity contribution >= 4 is 40.4 Å². The van der Waals surface area contributed by atoms with Gasteiger partial charge in [-0.3, -0.25) is 9.79 Å². The Morgan fingerprint density at radius 2 is 2.07 bits per heavy atom. The summed E-state index contributed by atoms with van der Waals surface area (Å²) in [6.45, 7) is 10.4. The van der Waals surface area contributed by atoms with E-state index in [1.54, 1.807) is 29.2 Å². The normalized spacial score (nSPS) is 14.0. The zero-order valence-corrected chi connectivity index (χ0v) is 17.3. The number of thioether (sulfide) groups is 1. The highest BCUT2D eigenvalue weighted by Gasteiger charge is 2.16. The molecule has 1 aliphatic rings. The number of benzene rings is 1. The Bertz CT molecular complexity index is 980. The van der Waals surface area contributed by atoms with Crippen molar-refractivity contribution in [3.8, 4) is 0 Å². The average Bonchev–Trinajstić information content (AvgIpc) is 3.01. The fourth-order valence-electron chi connectivity index (χ4n) is 2.80. The van der Waals surface area contributed by atoms with E-state index in [1.807, 2.05) is 37.3 Å². The molecule has 0 saturated heterocycles. The number of thiophene rings is 1. The van der Waals surface area contributed by atoms with Crippen molar-refractivity contribution in [2.24, 2.45) is 4.99 Å². The van der Waals surface area contributed by atoms with Crippen molar-refractivity contribution in [2.75, 3.05) is 0 Å². The molecule has 0 radical (unpaired) electrons. The predicted octanol–water partition coefficient (Wildman–Crippen LogP) is 6.20. The number of nitrogens with zero attached hydrogens (tertiary/aromatic N) is 1. The van der Waals surface area contributed by atoms with Gasteiger partial charge in [-0.05, 0) is 60.9 Å². The van der Waals surface area contributed by atoms with Crippen LogP contribution in [0.2, 0.25) is 0 Å².